The molecule has 0 radical (unpaired) electrons. The lowest BCUT2D eigenvalue weighted by Gasteiger charge is -2.05. The van der Waals surface area contributed by atoms with Crippen LogP contribution in [0.2, 0.25) is 0 Å². The molecule has 3 aromatic rings. The molecule has 138 valence electrons. The fourth-order valence-corrected chi connectivity index (χ4v) is 3.07. The van der Waals surface area contributed by atoms with Crippen LogP contribution in [0, 0.1) is 12.7 Å². The van der Waals surface area contributed by atoms with Crippen LogP contribution in [0.1, 0.15) is 11.1 Å². The number of ether oxygens (including phenoxy) is 1. The van der Waals surface area contributed by atoms with Crippen molar-refractivity contribution in [3.8, 4) is 11.3 Å². The van der Waals surface area contributed by atoms with Crippen molar-refractivity contribution in [1.82, 2.24) is 4.98 Å². The molecule has 0 bridgehead atoms. The number of aryl methyl sites for hydroxylation is 1. The molecule has 1 heterocycles. The average molecular weight is 384 g/mol. The molecule has 0 atom stereocenters. The summed E-state index contributed by atoms with van der Waals surface area (Å²) in [5.41, 5.74) is 3.09. The van der Waals surface area contributed by atoms with Crippen LogP contribution in [0.15, 0.2) is 53.9 Å². The smallest absolute Gasteiger partial charge is 0.310 e. The zero-order valence-corrected chi connectivity index (χ0v) is 15.4. The molecule has 0 saturated heterocycles. The van der Waals surface area contributed by atoms with E-state index in [1.165, 1.54) is 29.5 Å². The summed E-state index contributed by atoms with van der Waals surface area (Å²) in [5.74, 6) is -1.65. The van der Waals surface area contributed by atoms with Gasteiger partial charge in [0, 0.05) is 10.9 Å². The molecule has 5 nitrogen and oxygen atoms in total. The number of hydrogen-bond acceptors (Lipinski definition) is 5. The molecular formula is C20H17FN2O3S. The van der Waals surface area contributed by atoms with E-state index in [9.17, 15) is 14.0 Å². The maximum absolute atomic E-state index is 13.5. The number of anilines is 1. The highest BCUT2D eigenvalue weighted by Crippen LogP contribution is 2.25. The second kappa shape index (κ2) is 8.55. The lowest BCUT2D eigenvalue weighted by atomic mass is 10.1. The van der Waals surface area contributed by atoms with Gasteiger partial charge in [-0.25, -0.2) is 9.37 Å². The highest BCUT2D eigenvalue weighted by Gasteiger charge is 2.13. The van der Waals surface area contributed by atoms with Gasteiger partial charge in [0.15, 0.2) is 11.7 Å². The van der Waals surface area contributed by atoms with E-state index >= 15 is 0 Å². The van der Waals surface area contributed by atoms with Crippen LogP contribution in [0.4, 0.5) is 9.52 Å². The van der Waals surface area contributed by atoms with Crippen LogP contribution >= 0.6 is 11.3 Å². The Morgan fingerprint density at radius 2 is 1.89 bits per heavy atom. The molecule has 0 aliphatic heterocycles. The van der Waals surface area contributed by atoms with E-state index in [0.29, 0.717) is 5.13 Å². The normalized spacial score (nSPS) is 10.4. The Bertz CT molecular complexity index is 954. The molecule has 1 aromatic heterocycles. The number of rotatable bonds is 6. The van der Waals surface area contributed by atoms with Gasteiger partial charge in [-0.05, 0) is 18.6 Å². The van der Waals surface area contributed by atoms with Crippen LogP contribution in [0.5, 0.6) is 0 Å². The van der Waals surface area contributed by atoms with Crippen molar-refractivity contribution in [3.63, 3.8) is 0 Å². The van der Waals surface area contributed by atoms with Gasteiger partial charge in [0.25, 0.3) is 5.91 Å². The van der Waals surface area contributed by atoms with E-state index in [1.807, 2.05) is 36.6 Å². The first-order valence-electron chi connectivity index (χ1n) is 8.23. The van der Waals surface area contributed by atoms with Gasteiger partial charge in [-0.1, -0.05) is 48.0 Å². The molecule has 0 aliphatic carbocycles. The third-order valence-corrected chi connectivity index (χ3v) is 4.51. The topological polar surface area (TPSA) is 68.3 Å². The summed E-state index contributed by atoms with van der Waals surface area (Å²) in [5, 5.41) is 4.85. The molecule has 3 rings (SSSR count). The number of benzene rings is 2. The maximum atomic E-state index is 13.5. The second-order valence-corrected chi connectivity index (χ2v) is 6.74. The van der Waals surface area contributed by atoms with Gasteiger partial charge in [-0.3, -0.25) is 14.9 Å². The maximum Gasteiger partial charge on any atom is 0.310 e. The third kappa shape index (κ3) is 5.21. The minimum atomic E-state index is -0.672. The van der Waals surface area contributed by atoms with E-state index in [0.717, 1.165) is 16.8 Å². The summed E-state index contributed by atoms with van der Waals surface area (Å²) in [7, 11) is 0. The van der Waals surface area contributed by atoms with Crippen LogP contribution in [-0.2, 0) is 20.7 Å². The Kier molecular flexibility index (Phi) is 5.93. The summed E-state index contributed by atoms with van der Waals surface area (Å²) in [4.78, 5) is 28.0. The van der Waals surface area contributed by atoms with Crippen molar-refractivity contribution in [2.45, 2.75) is 13.3 Å². The van der Waals surface area contributed by atoms with Crippen molar-refractivity contribution < 1.29 is 18.7 Å². The van der Waals surface area contributed by atoms with E-state index in [4.69, 9.17) is 4.74 Å². The minimum Gasteiger partial charge on any atom is -0.455 e. The van der Waals surface area contributed by atoms with Crippen molar-refractivity contribution in [3.05, 3.63) is 70.9 Å². The van der Waals surface area contributed by atoms with Crippen molar-refractivity contribution in [2.24, 2.45) is 0 Å². The van der Waals surface area contributed by atoms with E-state index in [2.05, 4.69) is 10.3 Å². The predicted molar refractivity (Wildman–Crippen MR) is 102 cm³/mol. The summed E-state index contributed by atoms with van der Waals surface area (Å²) in [6, 6.07) is 13.8. The number of amides is 1. The molecule has 0 fully saturated rings. The van der Waals surface area contributed by atoms with Gasteiger partial charge in [0.05, 0.1) is 12.1 Å². The molecule has 0 aliphatic rings. The third-order valence-electron chi connectivity index (χ3n) is 3.75. The summed E-state index contributed by atoms with van der Waals surface area (Å²) < 4.78 is 18.4. The Morgan fingerprint density at radius 1 is 1.15 bits per heavy atom. The quantitative estimate of drug-likeness (QED) is 0.653. The van der Waals surface area contributed by atoms with E-state index in [1.54, 1.807) is 6.07 Å². The highest BCUT2D eigenvalue weighted by molar-refractivity contribution is 7.14. The van der Waals surface area contributed by atoms with Crippen LogP contribution in [0.3, 0.4) is 0 Å². The summed E-state index contributed by atoms with van der Waals surface area (Å²) in [6.45, 7) is 1.55. The van der Waals surface area contributed by atoms with Crippen molar-refractivity contribution in [2.75, 3.05) is 11.9 Å². The van der Waals surface area contributed by atoms with Gasteiger partial charge >= 0.3 is 5.97 Å². The van der Waals surface area contributed by atoms with Crippen molar-refractivity contribution >= 4 is 28.3 Å². The fraction of sp³-hybridized carbons (Fsp3) is 0.150. The fourth-order valence-electron chi connectivity index (χ4n) is 2.34. The van der Waals surface area contributed by atoms with E-state index in [-0.39, 0.29) is 12.0 Å². The zero-order valence-electron chi connectivity index (χ0n) is 14.6. The van der Waals surface area contributed by atoms with Crippen molar-refractivity contribution in [1.29, 1.82) is 0 Å². The van der Waals surface area contributed by atoms with Gasteiger partial charge in [0.1, 0.15) is 5.82 Å². The highest BCUT2D eigenvalue weighted by atomic mass is 32.1. The van der Waals surface area contributed by atoms with E-state index < -0.39 is 24.3 Å². The van der Waals surface area contributed by atoms with Gasteiger partial charge in [-0.2, -0.15) is 0 Å². The standard InChI is InChI=1S/C20H17FN2O3S/c1-13-6-8-14(9-7-13)17-12-27-20(22-17)23-18(24)11-26-19(25)10-15-4-2-3-5-16(15)21/h2-9,12H,10-11H2,1H3,(H,22,23,24). The molecule has 0 spiro atoms. The molecular weight excluding hydrogens is 367 g/mol. The number of halogens is 1. The molecule has 7 heteroatoms. The molecule has 27 heavy (non-hydrogen) atoms. The first-order chi connectivity index (χ1) is 13.0. The number of nitrogens with one attached hydrogen (secondary N) is 1. The Hall–Kier alpha value is -3.06. The molecule has 2 aromatic carbocycles. The Labute approximate surface area is 159 Å². The number of nitrogens with zero attached hydrogens (tertiary/aromatic N) is 1. The van der Waals surface area contributed by atoms with Crippen LogP contribution in [0.25, 0.3) is 11.3 Å². The van der Waals surface area contributed by atoms with Gasteiger partial charge in [0.2, 0.25) is 0 Å². The zero-order chi connectivity index (χ0) is 19.2. The monoisotopic (exact) mass is 384 g/mol. The first-order valence-corrected chi connectivity index (χ1v) is 9.10. The first kappa shape index (κ1) is 18.7. The number of hydrogen-bond donors (Lipinski definition) is 1. The number of carbonyl (C=O) groups excluding carboxylic acids is 2. The molecule has 0 saturated carbocycles. The SMILES string of the molecule is Cc1ccc(-c2csc(NC(=O)COC(=O)Cc3ccccc3F)n2)cc1. The molecule has 1 N–H and O–H groups in total. The molecule has 1 amide bonds. The lowest BCUT2D eigenvalue weighted by molar-refractivity contribution is -0.146. The average Bonchev–Trinajstić information content (AvgIpc) is 3.11. The summed E-state index contributed by atoms with van der Waals surface area (Å²) in [6.07, 6.45) is -0.227. The van der Waals surface area contributed by atoms with Crippen LogP contribution in [-0.4, -0.2) is 23.5 Å². The largest absolute Gasteiger partial charge is 0.455 e. The number of esters is 1. The second-order valence-electron chi connectivity index (χ2n) is 5.88. The molecule has 0 unspecified atom stereocenters. The predicted octanol–water partition coefficient (Wildman–Crippen LogP) is 3.98. The van der Waals surface area contributed by atoms with Gasteiger partial charge < -0.3 is 4.74 Å². The summed E-state index contributed by atoms with van der Waals surface area (Å²) >= 11 is 1.28. The Balaban J connectivity index is 1.50. The number of carbonyl (C=O) groups is 2. The number of aromatic nitrogens is 1. The Morgan fingerprint density at radius 3 is 2.63 bits per heavy atom. The lowest BCUT2D eigenvalue weighted by Crippen LogP contribution is -2.21. The van der Waals surface area contributed by atoms with Crippen LogP contribution < -0.4 is 5.32 Å². The number of thiazole rings is 1. The minimum absolute atomic E-state index is 0.227. The van der Waals surface area contributed by atoms with Gasteiger partial charge in [-0.15, -0.1) is 11.3 Å².